The molecule has 1 aromatic carbocycles. The molecular formula is C20H27FN4O2. The molecule has 0 spiro atoms. The van der Waals surface area contributed by atoms with Gasteiger partial charge in [0.15, 0.2) is 11.6 Å². The molecule has 0 atom stereocenters. The van der Waals surface area contributed by atoms with Crippen molar-refractivity contribution in [1.29, 1.82) is 0 Å². The Morgan fingerprint density at radius 2 is 1.96 bits per heavy atom. The van der Waals surface area contributed by atoms with E-state index in [-0.39, 0.29) is 11.8 Å². The highest BCUT2D eigenvalue weighted by atomic mass is 19.1. The highest BCUT2D eigenvalue weighted by Crippen LogP contribution is 2.22. The van der Waals surface area contributed by atoms with Crippen molar-refractivity contribution in [2.75, 3.05) is 24.3 Å². The molecular weight excluding hydrogens is 347 g/mol. The number of rotatable bonds is 9. The molecule has 6 nitrogen and oxygen atoms in total. The van der Waals surface area contributed by atoms with Gasteiger partial charge >= 0.3 is 0 Å². The second-order valence-corrected chi connectivity index (χ2v) is 6.77. The number of nitrogens with two attached hydrogens (primary N) is 1. The van der Waals surface area contributed by atoms with Crippen LogP contribution in [0.25, 0.3) is 0 Å². The lowest BCUT2D eigenvalue weighted by Crippen LogP contribution is -2.17. The van der Waals surface area contributed by atoms with E-state index in [1.807, 2.05) is 24.3 Å². The van der Waals surface area contributed by atoms with Crippen LogP contribution >= 0.6 is 0 Å². The van der Waals surface area contributed by atoms with Crippen molar-refractivity contribution in [2.24, 2.45) is 0 Å². The zero-order chi connectivity index (χ0) is 18.9. The standard InChI is InChI=1S/C20H27FN4O2/c21-18-14-23-20(25-19(18)22)24-15-7-6-10-17(13-15)27-12-5-4-11-26-16-8-2-1-3-9-16/h6-7,10,13-14,16H,1-5,8-9,11-12H2,(H3,22,23,24,25). The lowest BCUT2D eigenvalue weighted by Gasteiger charge is -2.21. The molecule has 0 unspecified atom stereocenters. The van der Waals surface area contributed by atoms with Crippen LogP contribution in [0, 0.1) is 5.82 Å². The smallest absolute Gasteiger partial charge is 0.229 e. The third-order valence-corrected chi connectivity index (χ3v) is 4.57. The van der Waals surface area contributed by atoms with E-state index >= 15 is 0 Å². The van der Waals surface area contributed by atoms with Crippen LogP contribution in [-0.2, 0) is 4.74 Å². The van der Waals surface area contributed by atoms with Crippen molar-refractivity contribution >= 4 is 17.5 Å². The highest BCUT2D eigenvalue weighted by Gasteiger charge is 2.13. The van der Waals surface area contributed by atoms with Gasteiger partial charge in [0, 0.05) is 18.4 Å². The topological polar surface area (TPSA) is 82.3 Å². The van der Waals surface area contributed by atoms with Crippen LogP contribution in [0.3, 0.4) is 0 Å². The first-order chi connectivity index (χ1) is 13.2. The molecule has 3 N–H and O–H groups in total. The van der Waals surface area contributed by atoms with E-state index in [1.165, 1.54) is 32.1 Å². The predicted molar refractivity (Wildman–Crippen MR) is 104 cm³/mol. The molecule has 0 saturated heterocycles. The Hall–Kier alpha value is -2.41. The van der Waals surface area contributed by atoms with Crippen molar-refractivity contribution in [1.82, 2.24) is 9.97 Å². The van der Waals surface area contributed by atoms with Crippen molar-refractivity contribution in [3.63, 3.8) is 0 Å². The Kier molecular flexibility index (Phi) is 7.21. The van der Waals surface area contributed by atoms with Crippen molar-refractivity contribution in [2.45, 2.75) is 51.0 Å². The van der Waals surface area contributed by atoms with Gasteiger partial charge in [0.25, 0.3) is 0 Å². The molecule has 1 heterocycles. The van der Waals surface area contributed by atoms with Crippen LogP contribution < -0.4 is 15.8 Å². The number of ether oxygens (including phenoxy) is 2. The van der Waals surface area contributed by atoms with E-state index in [9.17, 15) is 4.39 Å². The van der Waals surface area contributed by atoms with Crippen LogP contribution in [0.15, 0.2) is 30.5 Å². The largest absolute Gasteiger partial charge is 0.494 e. The molecule has 0 aliphatic heterocycles. The fourth-order valence-electron chi connectivity index (χ4n) is 3.11. The molecule has 1 aliphatic carbocycles. The third-order valence-electron chi connectivity index (χ3n) is 4.57. The number of nitrogens with one attached hydrogen (secondary N) is 1. The molecule has 0 radical (unpaired) electrons. The van der Waals surface area contributed by atoms with Gasteiger partial charge in [-0.2, -0.15) is 4.98 Å². The predicted octanol–water partition coefficient (Wildman–Crippen LogP) is 4.45. The Morgan fingerprint density at radius 1 is 1.15 bits per heavy atom. The van der Waals surface area contributed by atoms with Crippen LogP contribution in [0.1, 0.15) is 44.9 Å². The summed E-state index contributed by atoms with van der Waals surface area (Å²) in [6.45, 7) is 1.44. The minimum Gasteiger partial charge on any atom is -0.494 e. The molecule has 0 bridgehead atoms. The van der Waals surface area contributed by atoms with Crippen LogP contribution in [0.5, 0.6) is 5.75 Å². The van der Waals surface area contributed by atoms with Gasteiger partial charge in [-0.3, -0.25) is 0 Å². The molecule has 1 aromatic heterocycles. The first-order valence-corrected chi connectivity index (χ1v) is 9.60. The molecule has 1 aliphatic rings. The van der Waals surface area contributed by atoms with E-state index in [0.29, 0.717) is 12.7 Å². The summed E-state index contributed by atoms with van der Waals surface area (Å²) in [6.07, 6.45) is 9.81. The van der Waals surface area contributed by atoms with Crippen LogP contribution in [-0.4, -0.2) is 29.3 Å². The quantitative estimate of drug-likeness (QED) is 0.631. The number of nitrogen functional groups attached to an aromatic ring is 1. The summed E-state index contributed by atoms with van der Waals surface area (Å²) in [4.78, 5) is 7.72. The Balaban J connectivity index is 1.37. The lowest BCUT2D eigenvalue weighted by molar-refractivity contribution is 0.0253. The SMILES string of the molecule is Nc1nc(Nc2cccc(OCCCCOC3CCCCC3)c2)ncc1F. The number of hydrogen-bond donors (Lipinski definition) is 2. The van der Waals surface area contributed by atoms with E-state index in [1.54, 1.807) is 0 Å². The number of nitrogens with zero attached hydrogens (tertiary/aromatic N) is 2. The second kappa shape index (κ2) is 10.1. The first kappa shape index (κ1) is 19.4. The molecule has 2 aromatic rings. The van der Waals surface area contributed by atoms with Crippen LogP contribution in [0.2, 0.25) is 0 Å². The molecule has 3 rings (SSSR count). The maximum Gasteiger partial charge on any atom is 0.229 e. The number of aromatic nitrogens is 2. The highest BCUT2D eigenvalue weighted by molar-refractivity contribution is 5.56. The molecule has 0 amide bonds. The van der Waals surface area contributed by atoms with Gasteiger partial charge < -0.3 is 20.5 Å². The number of halogens is 1. The van der Waals surface area contributed by atoms with Gasteiger partial charge in [-0.1, -0.05) is 25.3 Å². The Labute approximate surface area is 159 Å². The lowest BCUT2D eigenvalue weighted by atomic mass is 9.98. The van der Waals surface area contributed by atoms with Crippen molar-refractivity contribution in [3.8, 4) is 5.75 Å². The van der Waals surface area contributed by atoms with Gasteiger partial charge in [-0.05, 0) is 37.8 Å². The van der Waals surface area contributed by atoms with Crippen molar-refractivity contribution in [3.05, 3.63) is 36.3 Å². The monoisotopic (exact) mass is 374 g/mol. The molecule has 1 fully saturated rings. The number of anilines is 3. The maximum atomic E-state index is 13.1. The minimum absolute atomic E-state index is 0.185. The summed E-state index contributed by atoms with van der Waals surface area (Å²) in [7, 11) is 0. The minimum atomic E-state index is -0.634. The van der Waals surface area contributed by atoms with Gasteiger partial charge in [-0.15, -0.1) is 0 Å². The van der Waals surface area contributed by atoms with E-state index < -0.39 is 5.82 Å². The van der Waals surface area contributed by atoms with Crippen molar-refractivity contribution < 1.29 is 13.9 Å². The zero-order valence-electron chi connectivity index (χ0n) is 15.5. The Morgan fingerprint density at radius 3 is 2.78 bits per heavy atom. The summed E-state index contributed by atoms with van der Waals surface area (Å²) in [5, 5.41) is 2.99. The summed E-state index contributed by atoms with van der Waals surface area (Å²) < 4.78 is 24.8. The second-order valence-electron chi connectivity index (χ2n) is 6.77. The maximum absolute atomic E-state index is 13.1. The average molecular weight is 374 g/mol. The van der Waals surface area contributed by atoms with E-state index in [4.69, 9.17) is 15.2 Å². The summed E-state index contributed by atoms with van der Waals surface area (Å²) in [5.41, 5.74) is 6.21. The summed E-state index contributed by atoms with van der Waals surface area (Å²) in [5.74, 6) is 0.176. The van der Waals surface area contributed by atoms with Gasteiger partial charge in [0.05, 0.1) is 18.9 Å². The molecule has 146 valence electrons. The summed E-state index contributed by atoms with van der Waals surface area (Å²) in [6, 6.07) is 7.47. The van der Waals surface area contributed by atoms with Crippen LogP contribution in [0.4, 0.5) is 21.8 Å². The Bertz CT molecular complexity index is 723. The fourth-order valence-corrected chi connectivity index (χ4v) is 3.11. The zero-order valence-corrected chi connectivity index (χ0v) is 15.5. The first-order valence-electron chi connectivity index (χ1n) is 9.60. The summed E-state index contributed by atoms with van der Waals surface area (Å²) >= 11 is 0. The number of hydrogen-bond acceptors (Lipinski definition) is 6. The molecule has 1 saturated carbocycles. The average Bonchev–Trinajstić information content (AvgIpc) is 2.69. The number of benzene rings is 1. The third kappa shape index (κ3) is 6.36. The normalized spacial score (nSPS) is 14.9. The molecule has 7 heteroatoms. The van der Waals surface area contributed by atoms with E-state index in [0.717, 1.165) is 37.1 Å². The fraction of sp³-hybridized carbons (Fsp3) is 0.500. The number of unbranched alkanes of at least 4 members (excludes halogenated alkanes) is 1. The van der Waals surface area contributed by atoms with Gasteiger partial charge in [0.1, 0.15) is 5.75 Å². The van der Waals surface area contributed by atoms with Gasteiger partial charge in [0.2, 0.25) is 5.95 Å². The van der Waals surface area contributed by atoms with Gasteiger partial charge in [-0.25, -0.2) is 9.37 Å². The van der Waals surface area contributed by atoms with E-state index in [2.05, 4.69) is 15.3 Å². The molecule has 27 heavy (non-hydrogen) atoms.